The highest BCUT2D eigenvalue weighted by Gasteiger charge is 2.36. The zero-order valence-electron chi connectivity index (χ0n) is 17.8. The summed E-state index contributed by atoms with van der Waals surface area (Å²) in [6.07, 6.45) is -0.293. The first kappa shape index (κ1) is 22.6. The van der Waals surface area contributed by atoms with E-state index < -0.39 is 22.0 Å². The molecule has 31 heavy (non-hydrogen) atoms. The van der Waals surface area contributed by atoms with Crippen molar-refractivity contribution in [3.05, 3.63) is 54.1 Å². The van der Waals surface area contributed by atoms with E-state index in [-0.39, 0.29) is 24.2 Å². The molecule has 8 nitrogen and oxygen atoms in total. The van der Waals surface area contributed by atoms with E-state index in [1.165, 1.54) is 4.31 Å². The highest BCUT2D eigenvalue weighted by molar-refractivity contribution is 7.92. The van der Waals surface area contributed by atoms with E-state index in [0.29, 0.717) is 22.7 Å². The molecule has 2 N–H and O–H groups in total. The van der Waals surface area contributed by atoms with Gasteiger partial charge in [-0.2, -0.15) is 0 Å². The molecule has 0 fully saturated rings. The molecule has 0 aliphatic carbocycles. The number of fused-ring (bicyclic) bond motifs is 1. The number of hydrogen-bond donors (Lipinski definition) is 2. The Morgan fingerprint density at radius 1 is 1.13 bits per heavy atom. The van der Waals surface area contributed by atoms with E-state index in [2.05, 4.69) is 10.6 Å². The van der Waals surface area contributed by atoms with Crippen LogP contribution in [0, 0.1) is 0 Å². The summed E-state index contributed by atoms with van der Waals surface area (Å²) >= 11 is 0. The van der Waals surface area contributed by atoms with Crippen molar-refractivity contribution in [1.82, 2.24) is 5.32 Å². The van der Waals surface area contributed by atoms with Crippen LogP contribution in [-0.2, 0) is 14.8 Å². The van der Waals surface area contributed by atoms with Crippen LogP contribution >= 0.6 is 0 Å². The molecule has 2 aromatic carbocycles. The summed E-state index contributed by atoms with van der Waals surface area (Å²) in [6, 6.07) is 13.4. The highest BCUT2D eigenvalue weighted by atomic mass is 32.2. The fourth-order valence-corrected chi connectivity index (χ4v) is 4.29. The smallest absolute Gasteiger partial charge is 0.267 e. The molecule has 2 amide bonds. The Hall–Kier alpha value is -3.07. The SMILES string of the molecule is CCC(C)NC(=O)c1ccccc1NC(=O)C1CN(S(=O)(=O)CC)c2ccccc2O1. The molecule has 0 saturated carbocycles. The van der Waals surface area contributed by atoms with E-state index in [1.54, 1.807) is 55.5 Å². The zero-order chi connectivity index (χ0) is 22.6. The molecule has 2 aromatic rings. The van der Waals surface area contributed by atoms with Gasteiger partial charge in [-0.05, 0) is 44.5 Å². The lowest BCUT2D eigenvalue weighted by Crippen LogP contribution is -2.49. The largest absolute Gasteiger partial charge is 0.476 e. The zero-order valence-corrected chi connectivity index (χ0v) is 18.6. The summed E-state index contributed by atoms with van der Waals surface area (Å²) in [5.74, 6) is -0.618. The van der Waals surface area contributed by atoms with Crippen molar-refractivity contribution in [2.24, 2.45) is 0 Å². The highest BCUT2D eigenvalue weighted by Crippen LogP contribution is 2.35. The van der Waals surface area contributed by atoms with Crippen LogP contribution in [0.15, 0.2) is 48.5 Å². The number of ether oxygens (including phenoxy) is 1. The number of rotatable bonds is 7. The van der Waals surface area contributed by atoms with Gasteiger partial charge in [-0.15, -0.1) is 0 Å². The third-order valence-electron chi connectivity index (χ3n) is 5.15. The fourth-order valence-electron chi connectivity index (χ4n) is 3.16. The molecule has 1 aliphatic heterocycles. The first-order valence-corrected chi connectivity index (χ1v) is 11.8. The maximum atomic E-state index is 13.0. The van der Waals surface area contributed by atoms with Gasteiger partial charge in [0.05, 0.1) is 29.2 Å². The van der Waals surface area contributed by atoms with Crippen LogP contribution in [0.5, 0.6) is 5.75 Å². The van der Waals surface area contributed by atoms with Crippen molar-refractivity contribution >= 4 is 33.2 Å². The lowest BCUT2D eigenvalue weighted by atomic mass is 10.1. The van der Waals surface area contributed by atoms with Gasteiger partial charge in [0.15, 0.2) is 6.10 Å². The molecule has 1 aliphatic rings. The molecule has 1 heterocycles. The summed E-state index contributed by atoms with van der Waals surface area (Å²) < 4.78 is 32.2. The Bertz CT molecular complexity index is 1070. The second-order valence-electron chi connectivity index (χ2n) is 7.32. The summed E-state index contributed by atoms with van der Waals surface area (Å²) in [7, 11) is -3.60. The van der Waals surface area contributed by atoms with Crippen molar-refractivity contribution in [3.8, 4) is 5.75 Å². The molecule has 0 saturated heterocycles. The second kappa shape index (κ2) is 9.38. The number of para-hydroxylation sites is 3. The third-order valence-corrected chi connectivity index (χ3v) is 6.89. The standard InChI is InChI=1S/C22H27N3O5S/c1-4-15(3)23-21(26)16-10-6-7-11-17(16)24-22(27)20-14-25(31(28,29)5-2)18-12-8-9-13-19(18)30-20/h6-13,15,20H,4-5,14H2,1-3H3,(H,23,26)(H,24,27). The molecule has 166 valence electrons. The van der Waals surface area contributed by atoms with Gasteiger partial charge in [0.2, 0.25) is 10.0 Å². The van der Waals surface area contributed by atoms with E-state index in [0.717, 1.165) is 6.42 Å². The summed E-state index contributed by atoms with van der Waals surface area (Å²) in [6.45, 7) is 5.26. The first-order valence-electron chi connectivity index (χ1n) is 10.2. The minimum Gasteiger partial charge on any atom is -0.476 e. The molecule has 0 aromatic heterocycles. The number of nitrogens with zero attached hydrogens (tertiary/aromatic N) is 1. The molecule has 9 heteroatoms. The number of carbonyl (C=O) groups excluding carboxylic acids is 2. The lowest BCUT2D eigenvalue weighted by molar-refractivity contribution is -0.122. The van der Waals surface area contributed by atoms with Crippen LogP contribution in [0.4, 0.5) is 11.4 Å². The molecular weight excluding hydrogens is 418 g/mol. The Morgan fingerprint density at radius 2 is 1.81 bits per heavy atom. The quantitative estimate of drug-likeness (QED) is 0.682. The summed E-state index contributed by atoms with van der Waals surface area (Å²) in [5.41, 5.74) is 1.06. The van der Waals surface area contributed by atoms with Crippen molar-refractivity contribution in [3.63, 3.8) is 0 Å². The van der Waals surface area contributed by atoms with Crippen LogP contribution in [0.3, 0.4) is 0 Å². The molecule has 0 bridgehead atoms. The topological polar surface area (TPSA) is 105 Å². The van der Waals surface area contributed by atoms with Crippen molar-refractivity contribution in [2.75, 3.05) is 21.9 Å². The number of hydrogen-bond acceptors (Lipinski definition) is 5. The maximum absolute atomic E-state index is 13.0. The Labute approximate surface area is 182 Å². The van der Waals surface area contributed by atoms with Gasteiger partial charge < -0.3 is 15.4 Å². The third kappa shape index (κ3) is 4.99. The molecular formula is C22H27N3O5S. The number of amides is 2. The molecule has 0 spiro atoms. The predicted octanol–water partition coefficient (Wildman–Crippen LogP) is 2.77. The van der Waals surface area contributed by atoms with E-state index in [1.807, 2.05) is 13.8 Å². The average molecular weight is 446 g/mol. The average Bonchev–Trinajstić information content (AvgIpc) is 2.78. The van der Waals surface area contributed by atoms with E-state index in [4.69, 9.17) is 4.74 Å². The number of sulfonamides is 1. The second-order valence-corrected chi connectivity index (χ2v) is 9.51. The normalized spacial score (nSPS) is 16.6. The lowest BCUT2D eigenvalue weighted by Gasteiger charge is -2.34. The Morgan fingerprint density at radius 3 is 2.52 bits per heavy atom. The fraction of sp³-hybridized carbons (Fsp3) is 0.364. The van der Waals surface area contributed by atoms with Gasteiger partial charge in [-0.25, -0.2) is 8.42 Å². The Kier molecular flexibility index (Phi) is 6.84. The van der Waals surface area contributed by atoms with Crippen molar-refractivity contribution < 1.29 is 22.7 Å². The van der Waals surface area contributed by atoms with Crippen LogP contribution in [0.25, 0.3) is 0 Å². The van der Waals surface area contributed by atoms with Crippen LogP contribution in [0.2, 0.25) is 0 Å². The maximum Gasteiger partial charge on any atom is 0.267 e. The molecule has 3 rings (SSSR count). The van der Waals surface area contributed by atoms with Gasteiger partial charge in [0, 0.05) is 6.04 Å². The predicted molar refractivity (Wildman–Crippen MR) is 120 cm³/mol. The number of nitrogens with one attached hydrogen (secondary N) is 2. The van der Waals surface area contributed by atoms with Gasteiger partial charge in [-0.1, -0.05) is 31.2 Å². The van der Waals surface area contributed by atoms with Crippen LogP contribution < -0.4 is 19.7 Å². The summed E-state index contributed by atoms with van der Waals surface area (Å²) in [4.78, 5) is 25.6. The first-order chi connectivity index (χ1) is 14.8. The van der Waals surface area contributed by atoms with E-state index in [9.17, 15) is 18.0 Å². The number of benzene rings is 2. The number of anilines is 2. The van der Waals surface area contributed by atoms with Gasteiger partial charge >= 0.3 is 0 Å². The number of carbonyl (C=O) groups is 2. The minimum absolute atomic E-state index is 0.0118. The van der Waals surface area contributed by atoms with Crippen LogP contribution in [0.1, 0.15) is 37.6 Å². The van der Waals surface area contributed by atoms with Crippen molar-refractivity contribution in [2.45, 2.75) is 39.3 Å². The van der Waals surface area contributed by atoms with Gasteiger partial charge in [0.25, 0.3) is 11.8 Å². The summed E-state index contributed by atoms with van der Waals surface area (Å²) in [5, 5.41) is 5.60. The molecule has 2 unspecified atom stereocenters. The van der Waals surface area contributed by atoms with Gasteiger partial charge in [-0.3, -0.25) is 13.9 Å². The Balaban J connectivity index is 1.84. The molecule has 2 atom stereocenters. The van der Waals surface area contributed by atoms with E-state index >= 15 is 0 Å². The monoisotopic (exact) mass is 445 g/mol. The molecule has 0 radical (unpaired) electrons. The van der Waals surface area contributed by atoms with Crippen LogP contribution in [-0.4, -0.2) is 44.7 Å². The van der Waals surface area contributed by atoms with Crippen molar-refractivity contribution in [1.29, 1.82) is 0 Å². The van der Waals surface area contributed by atoms with Gasteiger partial charge in [0.1, 0.15) is 5.75 Å². The minimum atomic E-state index is -3.60.